The Labute approximate surface area is 119 Å². The minimum Gasteiger partial charge on any atom is -0.377 e. The lowest BCUT2D eigenvalue weighted by atomic mass is 9.64. The molecule has 0 unspecified atom stereocenters. The van der Waals surface area contributed by atoms with Gasteiger partial charge in [-0.3, -0.25) is 0 Å². The molecular weight excluding hydrogens is 232 g/mol. The molecule has 2 rings (SSSR count). The molecule has 0 bridgehead atoms. The second-order valence-electron chi connectivity index (χ2n) is 6.89. The summed E-state index contributed by atoms with van der Waals surface area (Å²) in [6, 6.07) is 0. The highest BCUT2D eigenvalue weighted by molar-refractivity contribution is 4.88. The molecule has 110 valence electrons. The van der Waals surface area contributed by atoms with Crippen LogP contribution in [0.4, 0.5) is 0 Å². The third-order valence-corrected chi connectivity index (χ3v) is 5.80. The van der Waals surface area contributed by atoms with Gasteiger partial charge in [0.1, 0.15) is 0 Å². The Balaban J connectivity index is 1.79. The van der Waals surface area contributed by atoms with Crippen molar-refractivity contribution in [2.24, 2.45) is 17.3 Å². The minimum absolute atomic E-state index is 0.480. The maximum absolute atomic E-state index is 5.78. The first-order valence-corrected chi connectivity index (χ1v) is 8.48. The van der Waals surface area contributed by atoms with Crippen LogP contribution in [0.3, 0.4) is 0 Å². The molecule has 2 saturated carbocycles. The molecule has 1 nitrogen and oxygen atoms in total. The number of hydrogen-bond acceptors (Lipinski definition) is 1. The number of hydrogen-bond donors (Lipinski definition) is 0. The fraction of sp³-hybridized carbons (Fsp3) is 0.889. The van der Waals surface area contributed by atoms with E-state index in [0.29, 0.717) is 12.0 Å². The molecule has 2 aliphatic rings. The lowest BCUT2D eigenvalue weighted by Crippen LogP contribution is -2.34. The molecule has 0 amide bonds. The molecule has 2 aliphatic carbocycles. The average molecular weight is 264 g/mol. The van der Waals surface area contributed by atoms with E-state index in [4.69, 9.17) is 4.74 Å². The van der Waals surface area contributed by atoms with Crippen LogP contribution in [0.15, 0.2) is 12.7 Å². The molecule has 19 heavy (non-hydrogen) atoms. The van der Waals surface area contributed by atoms with Crippen LogP contribution in [-0.2, 0) is 4.74 Å². The zero-order valence-corrected chi connectivity index (χ0v) is 12.8. The van der Waals surface area contributed by atoms with Crippen molar-refractivity contribution in [3.05, 3.63) is 12.7 Å². The first-order valence-electron chi connectivity index (χ1n) is 8.48. The van der Waals surface area contributed by atoms with Gasteiger partial charge in [-0.05, 0) is 49.4 Å². The quantitative estimate of drug-likeness (QED) is 0.464. The fourth-order valence-corrected chi connectivity index (χ4v) is 4.29. The van der Waals surface area contributed by atoms with Crippen LogP contribution in [0, 0.1) is 17.3 Å². The summed E-state index contributed by atoms with van der Waals surface area (Å²) >= 11 is 0. The van der Waals surface area contributed by atoms with Crippen molar-refractivity contribution >= 4 is 0 Å². The summed E-state index contributed by atoms with van der Waals surface area (Å²) in [4.78, 5) is 0. The normalized spacial score (nSPS) is 33.2. The zero-order valence-electron chi connectivity index (χ0n) is 12.8. The SMILES string of the molecule is C=CCOC[C@]1(CC)CC[C@H](C2CCCCC2)CC1. The van der Waals surface area contributed by atoms with E-state index in [1.807, 2.05) is 6.08 Å². The molecule has 1 heteroatoms. The molecule has 0 aromatic rings. The van der Waals surface area contributed by atoms with Gasteiger partial charge in [0.05, 0.1) is 13.2 Å². The summed E-state index contributed by atoms with van der Waals surface area (Å²) in [7, 11) is 0. The molecule has 0 heterocycles. The van der Waals surface area contributed by atoms with Crippen molar-refractivity contribution in [2.75, 3.05) is 13.2 Å². The van der Waals surface area contributed by atoms with Gasteiger partial charge in [0.15, 0.2) is 0 Å². The van der Waals surface area contributed by atoms with Crippen LogP contribution in [0.1, 0.15) is 71.1 Å². The smallest absolute Gasteiger partial charge is 0.0645 e. The zero-order chi connectivity index (χ0) is 13.6. The molecule has 0 atom stereocenters. The molecule has 0 aliphatic heterocycles. The van der Waals surface area contributed by atoms with Crippen molar-refractivity contribution < 1.29 is 4.74 Å². The summed E-state index contributed by atoms with van der Waals surface area (Å²) in [5, 5.41) is 0. The molecule has 0 N–H and O–H groups in total. The second-order valence-corrected chi connectivity index (χ2v) is 6.89. The van der Waals surface area contributed by atoms with Crippen LogP contribution in [0.2, 0.25) is 0 Å². The van der Waals surface area contributed by atoms with Crippen molar-refractivity contribution in [3.8, 4) is 0 Å². The highest BCUT2D eigenvalue weighted by Crippen LogP contribution is 2.46. The van der Waals surface area contributed by atoms with E-state index in [1.165, 1.54) is 64.2 Å². The third kappa shape index (κ3) is 4.08. The van der Waals surface area contributed by atoms with E-state index in [1.54, 1.807) is 0 Å². The average Bonchev–Trinajstić information content (AvgIpc) is 2.49. The Hall–Kier alpha value is -0.300. The van der Waals surface area contributed by atoms with E-state index in [9.17, 15) is 0 Å². The number of rotatable bonds is 6. The molecule has 0 aromatic carbocycles. The van der Waals surface area contributed by atoms with Gasteiger partial charge >= 0.3 is 0 Å². The summed E-state index contributed by atoms with van der Waals surface area (Å²) in [6.07, 6.45) is 16.3. The van der Waals surface area contributed by atoms with Crippen molar-refractivity contribution in [2.45, 2.75) is 71.1 Å². The third-order valence-electron chi connectivity index (χ3n) is 5.80. The topological polar surface area (TPSA) is 9.23 Å². The van der Waals surface area contributed by atoms with E-state index in [0.717, 1.165) is 18.4 Å². The maximum atomic E-state index is 5.78. The van der Waals surface area contributed by atoms with Crippen LogP contribution < -0.4 is 0 Å². The van der Waals surface area contributed by atoms with Crippen LogP contribution in [-0.4, -0.2) is 13.2 Å². The van der Waals surface area contributed by atoms with Crippen molar-refractivity contribution in [1.82, 2.24) is 0 Å². The second kappa shape index (κ2) is 7.47. The van der Waals surface area contributed by atoms with Gasteiger partial charge in [-0.2, -0.15) is 0 Å². The Morgan fingerprint density at radius 3 is 2.26 bits per heavy atom. The van der Waals surface area contributed by atoms with Crippen molar-refractivity contribution in [1.29, 1.82) is 0 Å². The van der Waals surface area contributed by atoms with E-state index in [-0.39, 0.29) is 0 Å². The predicted octanol–water partition coefficient (Wildman–Crippen LogP) is 5.36. The maximum Gasteiger partial charge on any atom is 0.0645 e. The summed E-state index contributed by atoms with van der Waals surface area (Å²) in [6.45, 7) is 7.75. The summed E-state index contributed by atoms with van der Waals surface area (Å²) < 4.78 is 5.78. The van der Waals surface area contributed by atoms with Gasteiger partial charge in [0, 0.05) is 0 Å². The van der Waals surface area contributed by atoms with Crippen LogP contribution in [0.5, 0.6) is 0 Å². The van der Waals surface area contributed by atoms with Crippen LogP contribution in [0.25, 0.3) is 0 Å². The van der Waals surface area contributed by atoms with Crippen molar-refractivity contribution in [3.63, 3.8) is 0 Å². The van der Waals surface area contributed by atoms with Gasteiger partial charge in [-0.25, -0.2) is 0 Å². The highest BCUT2D eigenvalue weighted by atomic mass is 16.5. The molecular formula is C18H32O. The number of ether oxygens (including phenoxy) is 1. The molecule has 0 saturated heterocycles. The Morgan fingerprint density at radius 1 is 1.05 bits per heavy atom. The molecule has 0 radical (unpaired) electrons. The first-order chi connectivity index (χ1) is 9.29. The van der Waals surface area contributed by atoms with Gasteiger partial charge in [0.2, 0.25) is 0 Å². The lowest BCUT2D eigenvalue weighted by Gasteiger charge is -2.42. The van der Waals surface area contributed by atoms with Gasteiger partial charge < -0.3 is 4.74 Å². The monoisotopic (exact) mass is 264 g/mol. The molecule has 2 fully saturated rings. The van der Waals surface area contributed by atoms with Gasteiger partial charge in [0.25, 0.3) is 0 Å². The lowest BCUT2D eigenvalue weighted by molar-refractivity contribution is 0.00807. The highest BCUT2D eigenvalue weighted by Gasteiger charge is 2.36. The van der Waals surface area contributed by atoms with Gasteiger partial charge in [-0.1, -0.05) is 45.1 Å². The Morgan fingerprint density at radius 2 is 1.68 bits per heavy atom. The summed E-state index contributed by atoms with van der Waals surface area (Å²) in [5.74, 6) is 2.08. The molecule has 0 aromatic heterocycles. The molecule has 0 spiro atoms. The standard InChI is InChI=1S/C18H32O/c1-3-14-19-15-18(4-2)12-10-17(11-13-18)16-8-6-5-7-9-16/h3,16-17H,1,4-15H2,2H3/t17-,18+. The fourth-order valence-electron chi connectivity index (χ4n) is 4.29. The van der Waals surface area contributed by atoms with Crippen LogP contribution >= 0.6 is 0 Å². The predicted molar refractivity (Wildman–Crippen MR) is 82.3 cm³/mol. The van der Waals surface area contributed by atoms with E-state index < -0.39 is 0 Å². The largest absolute Gasteiger partial charge is 0.377 e. The van der Waals surface area contributed by atoms with E-state index in [2.05, 4.69) is 13.5 Å². The minimum atomic E-state index is 0.480. The Bertz CT molecular complexity index is 257. The Kier molecular flexibility index (Phi) is 5.94. The summed E-state index contributed by atoms with van der Waals surface area (Å²) in [5.41, 5.74) is 0.480. The van der Waals surface area contributed by atoms with E-state index >= 15 is 0 Å². The first kappa shape index (κ1) is 15.1. The van der Waals surface area contributed by atoms with Gasteiger partial charge in [-0.15, -0.1) is 6.58 Å².